The average Bonchev–Trinajstić information content (AvgIpc) is 2.68. The summed E-state index contributed by atoms with van der Waals surface area (Å²) in [5.41, 5.74) is -6.66. The monoisotopic (exact) mass is 499 g/mol. The Morgan fingerprint density at radius 2 is 1.74 bits per heavy atom. The summed E-state index contributed by atoms with van der Waals surface area (Å²) < 4.78 is 80.8. The van der Waals surface area contributed by atoms with Crippen LogP contribution in [0.2, 0.25) is 0 Å². The van der Waals surface area contributed by atoms with Gasteiger partial charge in [-0.3, -0.25) is 30.6 Å². The minimum absolute atomic E-state index is 0.00786. The molecule has 4 N–H and O–H groups in total. The predicted octanol–water partition coefficient (Wildman–Crippen LogP) is 2.99. The molecule has 188 valence electrons. The number of rotatable bonds is 1. The Labute approximate surface area is 187 Å². The normalized spacial score (nSPS) is 23.0. The van der Waals surface area contributed by atoms with Gasteiger partial charge in [0.25, 0.3) is 11.8 Å². The van der Waals surface area contributed by atoms with E-state index in [1.54, 1.807) is 0 Å². The van der Waals surface area contributed by atoms with Gasteiger partial charge in [0, 0.05) is 18.0 Å². The van der Waals surface area contributed by atoms with Gasteiger partial charge < -0.3 is 10.4 Å². The van der Waals surface area contributed by atoms with Gasteiger partial charge in [-0.15, -0.1) is 0 Å². The fourth-order valence-electron chi connectivity index (χ4n) is 2.93. The van der Waals surface area contributed by atoms with Crippen molar-refractivity contribution in [1.29, 1.82) is 0 Å². The maximum Gasteiger partial charge on any atom is 0.426 e. The highest BCUT2D eigenvalue weighted by molar-refractivity contribution is 5.98. The molecule has 1 aliphatic heterocycles. The first-order valence-corrected chi connectivity index (χ1v) is 9.49. The van der Waals surface area contributed by atoms with Crippen LogP contribution in [0.15, 0.2) is 18.2 Å². The van der Waals surface area contributed by atoms with Crippen LogP contribution in [-0.4, -0.2) is 44.1 Å². The lowest BCUT2D eigenvalue weighted by Gasteiger charge is -2.28. The average molecular weight is 499 g/mol. The molecular weight excluding hydrogens is 480 g/mol. The number of amides is 2. The van der Waals surface area contributed by atoms with Crippen LogP contribution in [0.4, 0.5) is 37.8 Å². The van der Waals surface area contributed by atoms with E-state index in [2.05, 4.69) is 10.3 Å². The van der Waals surface area contributed by atoms with Crippen molar-refractivity contribution in [3.63, 3.8) is 0 Å². The molecule has 16 heteroatoms. The quantitative estimate of drug-likeness (QED) is 0.201. The molecule has 0 saturated carbocycles. The number of nitrogens with one attached hydrogen (secondary N) is 3. The number of carbonyl (C=O) groups is 2. The van der Waals surface area contributed by atoms with Gasteiger partial charge in [-0.25, -0.2) is 4.98 Å². The van der Waals surface area contributed by atoms with Crippen LogP contribution < -0.4 is 16.2 Å². The Balaban J connectivity index is 2.66. The van der Waals surface area contributed by atoms with Crippen LogP contribution in [0.1, 0.15) is 49.2 Å². The van der Waals surface area contributed by atoms with Gasteiger partial charge >= 0.3 is 18.0 Å². The molecule has 0 aliphatic carbocycles. The van der Waals surface area contributed by atoms with E-state index < -0.39 is 69.4 Å². The highest BCUT2D eigenvalue weighted by Crippen LogP contribution is 2.39. The summed E-state index contributed by atoms with van der Waals surface area (Å²) in [5.74, 6) is -4.75. The van der Waals surface area contributed by atoms with Gasteiger partial charge in [0.05, 0.1) is 4.92 Å². The molecule has 0 saturated heterocycles. The van der Waals surface area contributed by atoms with E-state index in [4.69, 9.17) is 0 Å². The van der Waals surface area contributed by atoms with Gasteiger partial charge in [-0.2, -0.15) is 26.3 Å². The lowest BCUT2D eigenvalue weighted by molar-refractivity contribution is -0.385. The summed E-state index contributed by atoms with van der Waals surface area (Å²) >= 11 is 0. The second kappa shape index (κ2) is 9.08. The summed E-state index contributed by atoms with van der Waals surface area (Å²) in [7, 11) is 0. The highest BCUT2D eigenvalue weighted by atomic mass is 19.4. The van der Waals surface area contributed by atoms with Crippen molar-refractivity contribution in [2.24, 2.45) is 0 Å². The van der Waals surface area contributed by atoms with Crippen molar-refractivity contribution < 1.29 is 46.0 Å². The molecule has 0 spiro atoms. The number of aromatic nitrogens is 1. The number of hydrazine groups is 1. The van der Waals surface area contributed by atoms with Gasteiger partial charge in [0.15, 0.2) is 0 Å². The number of pyridine rings is 1. The van der Waals surface area contributed by atoms with E-state index in [0.29, 0.717) is 0 Å². The first-order chi connectivity index (χ1) is 15.4. The minimum Gasteiger partial charge on any atom is -0.372 e. The Morgan fingerprint density at radius 1 is 1.12 bits per heavy atom. The molecule has 2 rings (SSSR count). The zero-order valence-electron chi connectivity index (χ0n) is 17.6. The third-order valence-corrected chi connectivity index (χ3v) is 4.83. The van der Waals surface area contributed by atoms with E-state index in [9.17, 15) is 51.2 Å². The van der Waals surface area contributed by atoms with Crippen LogP contribution in [0.5, 0.6) is 0 Å². The molecule has 1 unspecified atom stereocenters. The smallest absolute Gasteiger partial charge is 0.372 e. The fourth-order valence-corrected chi connectivity index (χ4v) is 2.93. The molecule has 1 aromatic heterocycles. The Bertz CT molecular complexity index is 1020. The Hall–Kier alpha value is -3.43. The van der Waals surface area contributed by atoms with Crippen LogP contribution in [0, 0.1) is 10.1 Å². The van der Waals surface area contributed by atoms with E-state index >= 15 is 0 Å². The minimum atomic E-state index is -5.48. The number of nitrogens with zero attached hydrogens (tertiary/aromatic N) is 2. The molecule has 0 radical (unpaired) electrons. The van der Waals surface area contributed by atoms with Crippen molar-refractivity contribution in [3.05, 3.63) is 39.6 Å². The lowest BCUT2D eigenvalue weighted by Crippen LogP contribution is -2.60. The summed E-state index contributed by atoms with van der Waals surface area (Å²) in [4.78, 5) is 37.8. The number of aliphatic hydroxyl groups is 1. The molecule has 1 aromatic rings. The Morgan fingerprint density at radius 3 is 2.26 bits per heavy atom. The number of halogens is 6. The molecule has 0 fully saturated rings. The zero-order chi connectivity index (χ0) is 26.1. The van der Waals surface area contributed by atoms with E-state index in [1.165, 1.54) is 30.8 Å². The van der Waals surface area contributed by atoms with Crippen molar-refractivity contribution in [1.82, 2.24) is 15.8 Å². The van der Waals surface area contributed by atoms with E-state index in [0.717, 1.165) is 6.08 Å². The topological polar surface area (TPSA) is 146 Å². The van der Waals surface area contributed by atoms with E-state index in [-0.39, 0.29) is 18.9 Å². The van der Waals surface area contributed by atoms with Crippen molar-refractivity contribution in [2.45, 2.75) is 56.6 Å². The van der Waals surface area contributed by atoms with Gasteiger partial charge in [-0.1, -0.05) is 12.2 Å². The maximum atomic E-state index is 13.6. The highest BCUT2D eigenvalue weighted by Gasteiger charge is 2.59. The molecule has 10 nitrogen and oxygen atoms in total. The van der Waals surface area contributed by atoms with Gasteiger partial charge in [-0.05, 0) is 26.7 Å². The zero-order valence-corrected chi connectivity index (χ0v) is 17.6. The molecule has 0 aromatic carbocycles. The number of anilines is 1. The second-order valence-electron chi connectivity index (χ2n) is 8.00. The van der Waals surface area contributed by atoms with Crippen LogP contribution in [0.25, 0.3) is 0 Å². The van der Waals surface area contributed by atoms with Crippen molar-refractivity contribution in [2.75, 3.05) is 5.32 Å². The first-order valence-electron chi connectivity index (χ1n) is 9.49. The molecule has 2 heterocycles. The number of carbonyl (C=O) groups excluding carboxylic acids is 2. The summed E-state index contributed by atoms with van der Waals surface area (Å²) in [6, 6.07) is 0.0478. The van der Waals surface area contributed by atoms with Crippen molar-refractivity contribution in [3.8, 4) is 0 Å². The van der Waals surface area contributed by atoms with Crippen LogP contribution in [-0.2, 0) is 11.0 Å². The summed E-state index contributed by atoms with van der Waals surface area (Å²) in [6.07, 6.45) is -9.76. The summed E-state index contributed by atoms with van der Waals surface area (Å²) in [5, 5.41) is 23.7. The largest absolute Gasteiger partial charge is 0.426 e. The number of allylic oxidation sites excluding steroid dienone is 1. The predicted molar refractivity (Wildman–Crippen MR) is 103 cm³/mol. The van der Waals surface area contributed by atoms with Gasteiger partial charge in [0.1, 0.15) is 11.4 Å². The summed E-state index contributed by atoms with van der Waals surface area (Å²) in [6.45, 7) is 2.86. The molecule has 1 atom stereocenters. The first kappa shape index (κ1) is 26.8. The standard InChI is InChI=1S/C18H19F6N5O5/c1-15(2)6-4-3-5-7-16(32,18(22,23)24)14(31)28-27-13(30)11-10(29(33)34)8-9(17(19,20)21)12(25-11)26-15/h3,5,8,32H,4,6-7H2,1-2H3,(H,25,26)(H,27,30)(H,28,31)/b5-3+. The van der Waals surface area contributed by atoms with E-state index in [1.807, 2.05) is 0 Å². The SMILES string of the molecule is CC1(C)CC/C=C/CC(O)(C(F)(F)F)C(=O)NNC(=O)c2nc(c(C(F)(F)F)cc2[N+](=O)[O-])N1. The third kappa shape index (κ3) is 5.73. The number of alkyl halides is 6. The molecule has 34 heavy (non-hydrogen) atoms. The molecular formula is C18H19F6N5O5. The molecule has 1 aliphatic rings. The maximum absolute atomic E-state index is 13.6. The third-order valence-electron chi connectivity index (χ3n) is 4.83. The number of hydrogen-bond donors (Lipinski definition) is 4. The number of fused-ring (bicyclic) bond motifs is 2. The van der Waals surface area contributed by atoms with Crippen molar-refractivity contribution >= 4 is 23.3 Å². The fraction of sp³-hybridized carbons (Fsp3) is 0.500. The molecule has 2 amide bonds. The second-order valence-corrected chi connectivity index (χ2v) is 8.00. The number of hydrogen-bond acceptors (Lipinski definition) is 7. The van der Waals surface area contributed by atoms with Crippen LogP contribution in [0.3, 0.4) is 0 Å². The number of nitro groups is 1. The molecule has 2 bridgehead atoms. The lowest BCUT2D eigenvalue weighted by atomic mass is 9.95. The van der Waals surface area contributed by atoms with Gasteiger partial charge in [0.2, 0.25) is 11.3 Å². The van der Waals surface area contributed by atoms with Crippen LogP contribution >= 0.6 is 0 Å². The Kier molecular flexibility index (Phi) is 7.16.